The highest BCUT2D eigenvalue weighted by molar-refractivity contribution is 7.89. The Balaban J connectivity index is 1.77. The Morgan fingerprint density at radius 2 is 2.08 bits per heavy atom. The summed E-state index contributed by atoms with van der Waals surface area (Å²) in [4.78, 5) is 13.3. The molecule has 3 heterocycles. The molecule has 1 fully saturated rings. The summed E-state index contributed by atoms with van der Waals surface area (Å²) in [5.74, 6) is -0.454. The number of aromatic carboxylic acids is 1. The van der Waals surface area contributed by atoms with Crippen LogP contribution >= 0.6 is 0 Å². The Labute approximate surface area is 152 Å². The van der Waals surface area contributed by atoms with Gasteiger partial charge in [-0.3, -0.25) is 4.90 Å². The molecular weight excluding hydrogens is 358 g/mol. The predicted octanol–water partition coefficient (Wildman–Crippen LogP) is 1.82. The molecule has 2 aromatic rings. The zero-order valence-electron chi connectivity index (χ0n) is 14.6. The number of piperidine rings is 1. The summed E-state index contributed by atoms with van der Waals surface area (Å²) in [6.07, 6.45) is 6.20. The number of furan rings is 1. The van der Waals surface area contributed by atoms with E-state index in [0.717, 1.165) is 32.0 Å². The van der Waals surface area contributed by atoms with Gasteiger partial charge in [0.25, 0.3) is 0 Å². The van der Waals surface area contributed by atoms with Crippen LogP contribution in [0.2, 0.25) is 0 Å². The standard InChI is InChI=1S/C17H23N3O5S/c1-19-12-13(10-14(19)17(21)22)26(23,24)18-11-15(16-6-5-9-25-16)20-7-3-2-4-8-20/h5-6,9-10,12,15,18H,2-4,7-8,11H2,1H3,(H,21,22). The first kappa shape index (κ1) is 18.7. The maximum atomic E-state index is 12.6. The summed E-state index contributed by atoms with van der Waals surface area (Å²) in [6.45, 7) is 1.94. The average Bonchev–Trinajstić information content (AvgIpc) is 3.26. The number of carboxylic acid groups (broad SMARTS) is 1. The van der Waals surface area contributed by atoms with Crippen LogP contribution in [0.3, 0.4) is 0 Å². The zero-order chi connectivity index (χ0) is 18.7. The van der Waals surface area contributed by atoms with Crippen LogP contribution in [0.5, 0.6) is 0 Å². The van der Waals surface area contributed by atoms with Gasteiger partial charge in [0, 0.05) is 19.8 Å². The van der Waals surface area contributed by atoms with Crippen LogP contribution in [0.15, 0.2) is 40.0 Å². The van der Waals surface area contributed by atoms with E-state index in [9.17, 15) is 13.2 Å². The lowest BCUT2D eigenvalue weighted by molar-refractivity contribution is 0.0686. The first-order valence-electron chi connectivity index (χ1n) is 8.55. The van der Waals surface area contributed by atoms with Crippen LogP contribution in [0, 0.1) is 0 Å². The number of aryl methyl sites for hydroxylation is 1. The molecular formula is C17H23N3O5S. The summed E-state index contributed by atoms with van der Waals surface area (Å²) < 4.78 is 34.6. The van der Waals surface area contributed by atoms with Crippen LogP contribution in [-0.4, -0.2) is 48.6 Å². The highest BCUT2D eigenvalue weighted by Crippen LogP contribution is 2.25. The van der Waals surface area contributed by atoms with Gasteiger partial charge in [-0.1, -0.05) is 6.42 Å². The molecule has 3 rings (SSSR count). The fraction of sp³-hybridized carbons (Fsp3) is 0.471. The molecule has 2 aromatic heterocycles. The lowest BCUT2D eigenvalue weighted by Gasteiger charge is -2.33. The number of nitrogens with one attached hydrogen (secondary N) is 1. The summed E-state index contributed by atoms with van der Waals surface area (Å²) >= 11 is 0. The van der Waals surface area contributed by atoms with Crippen molar-refractivity contribution in [1.82, 2.24) is 14.2 Å². The smallest absolute Gasteiger partial charge is 0.352 e. The van der Waals surface area contributed by atoms with Crippen LogP contribution in [0.25, 0.3) is 0 Å². The normalized spacial score (nSPS) is 17.3. The minimum absolute atomic E-state index is 0.0609. The fourth-order valence-corrected chi connectivity index (χ4v) is 4.39. The third kappa shape index (κ3) is 4.00. The second-order valence-corrected chi connectivity index (χ2v) is 8.22. The number of likely N-dealkylation sites (tertiary alicyclic amines) is 1. The van der Waals surface area contributed by atoms with Crippen molar-refractivity contribution >= 4 is 16.0 Å². The van der Waals surface area contributed by atoms with E-state index in [1.807, 2.05) is 6.07 Å². The summed E-state index contributed by atoms with van der Waals surface area (Å²) in [5.41, 5.74) is -0.0796. The molecule has 0 bridgehead atoms. The summed E-state index contributed by atoms with van der Waals surface area (Å²) in [7, 11) is -2.32. The number of nitrogens with zero attached hydrogens (tertiary/aromatic N) is 2. The van der Waals surface area contributed by atoms with Crippen molar-refractivity contribution in [2.75, 3.05) is 19.6 Å². The Morgan fingerprint density at radius 1 is 1.35 bits per heavy atom. The summed E-state index contributed by atoms with van der Waals surface area (Å²) in [5, 5.41) is 9.10. The Hall–Kier alpha value is -2.10. The van der Waals surface area contributed by atoms with Crippen molar-refractivity contribution in [2.24, 2.45) is 7.05 Å². The Kier molecular flexibility index (Phi) is 5.49. The molecule has 8 nitrogen and oxygen atoms in total. The highest BCUT2D eigenvalue weighted by Gasteiger charge is 2.27. The third-order valence-corrected chi connectivity index (χ3v) is 6.07. The van der Waals surface area contributed by atoms with E-state index in [4.69, 9.17) is 9.52 Å². The van der Waals surface area contributed by atoms with Crippen LogP contribution in [0.1, 0.15) is 41.6 Å². The predicted molar refractivity (Wildman–Crippen MR) is 94.4 cm³/mol. The second kappa shape index (κ2) is 7.65. The van der Waals surface area contributed by atoms with Crippen molar-refractivity contribution in [3.8, 4) is 0 Å². The lowest BCUT2D eigenvalue weighted by Crippen LogP contribution is -2.40. The number of hydrogen-bond donors (Lipinski definition) is 2. The first-order chi connectivity index (χ1) is 12.4. The maximum Gasteiger partial charge on any atom is 0.352 e. The van der Waals surface area contributed by atoms with Crippen molar-refractivity contribution in [3.63, 3.8) is 0 Å². The van der Waals surface area contributed by atoms with Gasteiger partial charge in [-0.15, -0.1) is 0 Å². The molecule has 0 amide bonds. The van der Waals surface area contributed by atoms with Crippen molar-refractivity contribution in [2.45, 2.75) is 30.2 Å². The third-order valence-electron chi connectivity index (χ3n) is 4.68. The van der Waals surface area contributed by atoms with E-state index in [0.29, 0.717) is 5.76 Å². The molecule has 9 heteroatoms. The minimum Gasteiger partial charge on any atom is -0.477 e. The van der Waals surface area contributed by atoms with Gasteiger partial charge in [0.1, 0.15) is 16.3 Å². The Bertz CT molecular complexity index is 851. The van der Waals surface area contributed by atoms with Gasteiger partial charge in [-0.2, -0.15) is 0 Å². The molecule has 1 aliphatic rings. The van der Waals surface area contributed by atoms with Gasteiger partial charge in [0.05, 0.1) is 12.3 Å². The number of hydrogen-bond acceptors (Lipinski definition) is 5. The minimum atomic E-state index is -3.82. The molecule has 1 saturated heterocycles. The van der Waals surface area contributed by atoms with Gasteiger partial charge in [-0.25, -0.2) is 17.9 Å². The van der Waals surface area contributed by atoms with Gasteiger partial charge >= 0.3 is 5.97 Å². The van der Waals surface area contributed by atoms with E-state index in [1.165, 1.54) is 24.2 Å². The number of rotatable bonds is 7. The molecule has 0 aliphatic carbocycles. The van der Waals surface area contributed by atoms with E-state index >= 15 is 0 Å². The Morgan fingerprint density at radius 3 is 2.65 bits per heavy atom. The van der Waals surface area contributed by atoms with Gasteiger partial charge in [0.15, 0.2) is 0 Å². The van der Waals surface area contributed by atoms with Crippen LogP contribution in [-0.2, 0) is 17.1 Å². The summed E-state index contributed by atoms with van der Waals surface area (Å²) in [6, 6.07) is 4.60. The van der Waals surface area contributed by atoms with Crippen molar-refractivity contribution < 1.29 is 22.7 Å². The molecule has 1 unspecified atom stereocenters. The fourth-order valence-electron chi connectivity index (χ4n) is 3.29. The molecule has 0 saturated carbocycles. The number of carboxylic acids is 1. The SMILES string of the molecule is Cn1cc(S(=O)(=O)NCC(c2ccco2)N2CCCCC2)cc1C(=O)O. The lowest BCUT2D eigenvalue weighted by atomic mass is 10.1. The van der Waals surface area contributed by atoms with E-state index < -0.39 is 16.0 Å². The molecule has 2 N–H and O–H groups in total. The monoisotopic (exact) mass is 381 g/mol. The molecule has 0 spiro atoms. The molecule has 0 aromatic carbocycles. The van der Waals surface area contributed by atoms with Crippen molar-refractivity contribution in [3.05, 3.63) is 42.1 Å². The molecule has 1 aliphatic heterocycles. The van der Waals surface area contributed by atoms with Crippen LogP contribution in [0.4, 0.5) is 0 Å². The quantitative estimate of drug-likeness (QED) is 0.758. The van der Waals surface area contributed by atoms with Gasteiger partial charge in [0.2, 0.25) is 10.0 Å². The second-order valence-electron chi connectivity index (χ2n) is 6.46. The largest absolute Gasteiger partial charge is 0.477 e. The van der Waals surface area contributed by atoms with Gasteiger partial charge in [-0.05, 0) is 44.1 Å². The number of sulfonamides is 1. The molecule has 142 valence electrons. The van der Waals surface area contributed by atoms with Gasteiger partial charge < -0.3 is 14.1 Å². The zero-order valence-corrected chi connectivity index (χ0v) is 15.4. The molecule has 26 heavy (non-hydrogen) atoms. The topological polar surface area (TPSA) is 105 Å². The van der Waals surface area contributed by atoms with E-state index in [1.54, 1.807) is 12.3 Å². The average molecular weight is 381 g/mol. The number of aromatic nitrogens is 1. The maximum absolute atomic E-state index is 12.6. The number of carbonyl (C=O) groups is 1. The molecule has 1 atom stereocenters. The first-order valence-corrected chi connectivity index (χ1v) is 10.0. The van der Waals surface area contributed by atoms with Crippen LogP contribution < -0.4 is 4.72 Å². The highest BCUT2D eigenvalue weighted by atomic mass is 32.2. The van der Waals surface area contributed by atoms with Crippen molar-refractivity contribution in [1.29, 1.82) is 0 Å². The molecule has 0 radical (unpaired) electrons. The van der Waals surface area contributed by atoms with E-state index in [2.05, 4.69) is 9.62 Å². The van der Waals surface area contributed by atoms with E-state index in [-0.39, 0.29) is 23.2 Å².